The normalized spacial score (nSPS) is 11.7. The Morgan fingerprint density at radius 3 is 2.38 bits per heavy atom. The van der Waals surface area contributed by atoms with Crippen LogP contribution in [-0.2, 0) is 16.1 Å². The molecule has 0 heterocycles. The maximum atomic E-state index is 13.0. The topological polar surface area (TPSA) is 67.9 Å². The lowest BCUT2D eigenvalue weighted by atomic mass is 10.1. The molecule has 0 saturated heterocycles. The molecule has 2 aromatic carbocycles. The van der Waals surface area contributed by atoms with Crippen molar-refractivity contribution >= 4 is 27.7 Å². The molecule has 0 radical (unpaired) electrons. The smallest absolute Gasteiger partial charge is 0.261 e. The van der Waals surface area contributed by atoms with Crippen LogP contribution < -0.4 is 14.8 Å². The van der Waals surface area contributed by atoms with Gasteiger partial charge in [-0.3, -0.25) is 9.59 Å². The van der Waals surface area contributed by atoms with Crippen molar-refractivity contribution in [2.45, 2.75) is 39.4 Å². The maximum absolute atomic E-state index is 13.0. The van der Waals surface area contributed by atoms with Crippen molar-refractivity contribution < 1.29 is 19.1 Å². The number of carbonyl (C=O) groups excluding carboxylic acids is 2. The summed E-state index contributed by atoms with van der Waals surface area (Å²) in [7, 11) is 1.54. The molecule has 156 valence electrons. The molecule has 1 N–H and O–H groups in total. The predicted octanol–water partition coefficient (Wildman–Crippen LogP) is 3.78. The van der Waals surface area contributed by atoms with Gasteiger partial charge in [-0.15, -0.1) is 0 Å². The predicted molar refractivity (Wildman–Crippen MR) is 116 cm³/mol. The Balaban J connectivity index is 2.18. The second-order valence-corrected chi connectivity index (χ2v) is 7.85. The van der Waals surface area contributed by atoms with Crippen LogP contribution in [0.2, 0.25) is 0 Å². The van der Waals surface area contributed by atoms with Gasteiger partial charge in [-0.05, 0) is 50.6 Å². The fraction of sp³-hybridized carbons (Fsp3) is 0.364. The first-order valence-electron chi connectivity index (χ1n) is 9.42. The van der Waals surface area contributed by atoms with Crippen LogP contribution in [-0.4, -0.2) is 42.5 Å². The summed E-state index contributed by atoms with van der Waals surface area (Å²) in [6, 6.07) is 14.1. The minimum Gasteiger partial charge on any atom is -0.493 e. The van der Waals surface area contributed by atoms with E-state index in [9.17, 15) is 9.59 Å². The third-order valence-corrected chi connectivity index (χ3v) is 4.75. The molecular weight excluding hydrogens is 436 g/mol. The summed E-state index contributed by atoms with van der Waals surface area (Å²) in [6.07, 6.45) is 0. The lowest BCUT2D eigenvalue weighted by Gasteiger charge is -2.29. The van der Waals surface area contributed by atoms with Crippen LogP contribution >= 0.6 is 15.9 Å². The van der Waals surface area contributed by atoms with Gasteiger partial charge in [-0.1, -0.05) is 40.2 Å². The second-order valence-electron chi connectivity index (χ2n) is 6.93. The van der Waals surface area contributed by atoms with E-state index in [-0.39, 0.29) is 24.5 Å². The van der Waals surface area contributed by atoms with Gasteiger partial charge in [0.25, 0.3) is 5.91 Å². The number of hydrogen-bond donors (Lipinski definition) is 1. The molecule has 0 aliphatic carbocycles. The van der Waals surface area contributed by atoms with Gasteiger partial charge in [0.2, 0.25) is 5.91 Å². The van der Waals surface area contributed by atoms with E-state index in [4.69, 9.17) is 9.47 Å². The summed E-state index contributed by atoms with van der Waals surface area (Å²) in [5.41, 5.74) is 0.911. The van der Waals surface area contributed by atoms with Gasteiger partial charge < -0.3 is 19.7 Å². The van der Waals surface area contributed by atoms with E-state index in [1.54, 1.807) is 32.2 Å². The Labute approximate surface area is 180 Å². The van der Waals surface area contributed by atoms with E-state index in [0.29, 0.717) is 18.0 Å². The van der Waals surface area contributed by atoms with Crippen LogP contribution in [0.5, 0.6) is 11.5 Å². The van der Waals surface area contributed by atoms with Crippen molar-refractivity contribution in [1.29, 1.82) is 0 Å². The van der Waals surface area contributed by atoms with Crippen molar-refractivity contribution in [2.24, 2.45) is 0 Å². The number of methoxy groups -OCH3 is 1. The number of halogens is 1. The summed E-state index contributed by atoms with van der Waals surface area (Å²) in [5.74, 6) is 0.525. The van der Waals surface area contributed by atoms with E-state index >= 15 is 0 Å². The lowest BCUT2D eigenvalue weighted by Crippen LogP contribution is -2.50. The van der Waals surface area contributed by atoms with Crippen LogP contribution in [0.1, 0.15) is 26.3 Å². The molecule has 1 unspecified atom stereocenters. The molecule has 2 rings (SSSR count). The van der Waals surface area contributed by atoms with Crippen LogP contribution in [0.25, 0.3) is 0 Å². The van der Waals surface area contributed by atoms with Crippen molar-refractivity contribution in [3.63, 3.8) is 0 Å². The summed E-state index contributed by atoms with van der Waals surface area (Å²) >= 11 is 3.44. The molecule has 0 aliphatic rings. The fourth-order valence-electron chi connectivity index (χ4n) is 2.78. The average molecular weight is 463 g/mol. The fourth-order valence-corrected chi connectivity index (χ4v) is 3.23. The van der Waals surface area contributed by atoms with Crippen molar-refractivity contribution in [3.05, 3.63) is 58.6 Å². The van der Waals surface area contributed by atoms with Crippen LogP contribution in [0, 0.1) is 0 Å². The first-order chi connectivity index (χ1) is 13.8. The molecule has 7 heteroatoms. The number of benzene rings is 2. The SMILES string of the molecule is COc1ccccc1OCC(=O)N(Cc1cccc(Br)c1)C(C)C(=O)NC(C)C. The highest BCUT2D eigenvalue weighted by Gasteiger charge is 2.27. The minimum absolute atomic E-state index is 0.0161. The van der Waals surface area contributed by atoms with Crippen LogP contribution in [0.3, 0.4) is 0 Å². The molecule has 1 atom stereocenters. The molecule has 29 heavy (non-hydrogen) atoms. The zero-order valence-corrected chi connectivity index (χ0v) is 18.7. The number of amides is 2. The number of nitrogens with zero attached hydrogens (tertiary/aromatic N) is 1. The van der Waals surface area contributed by atoms with E-state index in [0.717, 1.165) is 10.0 Å². The first kappa shape index (κ1) is 22.7. The van der Waals surface area contributed by atoms with Crippen LogP contribution in [0.15, 0.2) is 53.0 Å². The van der Waals surface area contributed by atoms with Gasteiger partial charge in [-0.25, -0.2) is 0 Å². The van der Waals surface area contributed by atoms with E-state index in [1.165, 1.54) is 4.90 Å². The number of carbonyl (C=O) groups is 2. The van der Waals surface area contributed by atoms with Gasteiger partial charge >= 0.3 is 0 Å². The number of para-hydroxylation sites is 2. The maximum Gasteiger partial charge on any atom is 0.261 e. The summed E-state index contributed by atoms with van der Waals surface area (Å²) in [4.78, 5) is 27.1. The zero-order valence-electron chi connectivity index (χ0n) is 17.1. The van der Waals surface area contributed by atoms with E-state index in [2.05, 4.69) is 21.2 Å². The molecule has 0 aromatic heterocycles. The highest BCUT2D eigenvalue weighted by molar-refractivity contribution is 9.10. The molecule has 0 saturated carbocycles. The number of nitrogens with one attached hydrogen (secondary N) is 1. The van der Waals surface area contributed by atoms with Gasteiger partial charge in [0, 0.05) is 17.1 Å². The Bertz CT molecular complexity index is 841. The quantitative estimate of drug-likeness (QED) is 0.615. The highest BCUT2D eigenvalue weighted by Crippen LogP contribution is 2.26. The Morgan fingerprint density at radius 1 is 1.07 bits per heavy atom. The van der Waals surface area contributed by atoms with Gasteiger partial charge in [0.1, 0.15) is 6.04 Å². The lowest BCUT2D eigenvalue weighted by molar-refractivity contribution is -0.142. The highest BCUT2D eigenvalue weighted by atomic mass is 79.9. The van der Waals surface area contributed by atoms with Crippen molar-refractivity contribution in [1.82, 2.24) is 10.2 Å². The third kappa shape index (κ3) is 6.78. The van der Waals surface area contributed by atoms with Crippen LogP contribution in [0.4, 0.5) is 0 Å². The van der Waals surface area contributed by atoms with E-state index in [1.807, 2.05) is 44.2 Å². The standard InChI is InChI=1S/C22H27BrN2O4/c1-15(2)24-22(27)16(3)25(13-17-8-7-9-18(23)12-17)21(26)14-29-20-11-6-5-10-19(20)28-4/h5-12,15-16H,13-14H2,1-4H3,(H,24,27). The van der Waals surface area contributed by atoms with Crippen molar-refractivity contribution in [2.75, 3.05) is 13.7 Å². The molecule has 2 amide bonds. The zero-order chi connectivity index (χ0) is 21.4. The summed E-state index contributed by atoms with van der Waals surface area (Å²) in [5, 5.41) is 2.86. The first-order valence-corrected chi connectivity index (χ1v) is 10.2. The molecule has 0 aliphatic heterocycles. The molecule has 0 fully saturated rings. The summed E-state index contributed by atoms with van der Waals surface area (Å²) in [6.45, 7) is 5.58. The Hall–Kier alpha value is -2.54. The second kappa shape index (κ2) is 10.9. The molecule has 0 bridgehead atoms. The monoisotopic (exact) mass is 462 g/mol. The van der Waals surface area contributed by atoms with Gasteiger partial charge in [0.15, 0.2) is 18.1 Å². The Morgan fingerprint density at radius 2 is 1.76 bits per heavy atom. The molecule has 0 spiro atoms. The number of rotatable bonds is 9. The minimum atomic E-state index is -0.648. The molecular formula is C22H27BrN2O4. The summed E-state index contributed by atoms with van der Waals surface area (Å²) < 4.78 is 11.9. The number of hydrogen-bond acceptors (Lipinski definition) is 4. The van der Waals surface area contributed by atoms with Crippen molar-refractivity contribution in [3.8, 4) is 11.5 Å². The third-order valence-electron chi connectivity index (χ3n) is 4.26. The van der Waals surface area contributed by atoms with Gasteiger partial charge in [0.05, 0.1) is 7.11 Å². The largest absolute Gasteiger partial charge is 0.493 e. The van der Waals surface area contributed by atoms with E-state index < -0.39 is 6.04 Å². The molecule has 6 nitrogen and oxygen atoms in total. The Kier molecular flexibility index (Phi) is 8.51. The van der Waals surface area contributed by atoms with Gasteiger partial charge in [-0.2, -0.15) is 0 Å². The molecule has 2 aromatic rings. The number of ether oxygens (including phenoxy) is 2. The average Bonchev–Trinajstić information content (AvgIpc) is 2.69.